The molecule has 0 fully saturated rings. The van der Waals surface area contributed by atoms with Gasteiger partial charge >= 0.3 is 0 Å². The molecule has 4 heteroatoms. The van der Waals surface area contributed by atoms with Gasteiger partial charge in [-0.15, -0.1) is 0 Å². The van der Waals surface area contributed by atoms with Crippen LogP contribution in [-0.4, -0.2) is 14.6 Å². The average molecular weight is 253 g/mol. The summed E-state index contributed by atoms with van der Waals surface area (Å²) in [6, 6.07) is 11.6. The number of nitrogens with zero attached hydrogens (tertiary/aromatic N) is 2. The fourth-order valence-corrected chi connectivity index (χ4v) is 2.36. The number of aryl methyl sites for hydroxylation is 2. The molecule has 0 spiro atoms. The van der Waals surface area contributed by atoms with Crippen LogP contribution in [0.15, 0.2) is 41.2 Å². The van der Waals surface area contributed by atoms with Crippen LogP contribution >= 0.6 is 0 Å². The SMILES string of the molecule is CCc1[nH]n2c(=O)cc(C)nc2c1-c1ccccc1. The Balaban J connectivity index is 2.43. The number of benzene rings is 1. The predicted molar refractivity (Wildman–Crippen MR) is 75.4 cm³/mol. The minimum atomic E-state index is -0.0700. The number of hydrogen-bond acceptors (Lipinski definition) is 2. The molecule has 96 valence electrons. The summed E-state index contributed by atoms with van der Waals surface area (Å²) in [6.07, 6.45) is 0.825. The van der Waals surface area contributed by atoms with E-state index in [1.165, 1.54) is 10.6 Å². The molecule has 2 heterocycles. The summed E-state index contributed by atoms with van der Waals surface area (Å²) in [6.45, 7) is 3.91. The minimum Gasteiger partial charge on any atom is -0.293 e. The van der Waals surface area contributed by atoms with Crippen LogP contribution in [0.5, 0.6) is 0 Å². The molecule has 0 saturated heterocycles. The van der Waals surface area contributed by atoms with Crippen LogP contribution in [0.2, 0.25) is 0 Å². The Morgan fingerprint density at radius 2 is 2.00 bits per heavy atom. The van der Waals surface area contributed by atoms with Crippen LogP contribution in [0.1, 0.15) is 18.3 Å². The van der Waals surface area contributed by atoms with E-state index in [4.69, 9.17) is 0 Å². The van der Waals surface area contributed by atoms with Crippen molar-refractivity contribution in [1.29, 1.82) is 0 Å². The molecular formula is C15H15N3O. The molecule has 0 amide bonds. The smallest absolute Gasteiger partial charge is 0.272 e. The van der Waals surface area contributed by atoms with Gasteiger partial charge in [-0.1, -0.05) is 37.3 Å². The van der Waals surface area contributed by atoms with Gasteiger partial charge in [-0.25, -0.2) is 9.50 Å². The monoisotopic (exact) mass is 253 g/mol. The number of hydrogen-bond donors (Lipinski definition) is 1. The van der Waals surface area contributed by atoms with Crippen molar-refractivity contribution in [2.75, 3.05) is 0 Å². The first-order valence-electron chi connectivity index (χ1n) is 6.37. The van der Waals surface area contributed by atoms with Gasteiger partial charge in [0.05, 0.1) is 0 Å². The first-order valence-corrected chi connectivity index (χ1v) is 6.37. The molecule has 3 rings (SSSR count). The quantitative estimate of drug-likeness (QED) is 0.763. The van der Waals surface area contributed by atoms with Crippen LogP contribution in [0, 0.1) is 6.92 Å². The second-order valence-corrected chi connectivity index (χ2v) is 4.58. The van der Waals surface area contributed by atoms with Crippen molar-refractivity contribution >= 4 is 5.65 Å². The standard InChI is InChI=1S/C15H15N3O/c1-3-12-14(11-7-5-4-6-8-11)15-16-10(2)9-13(19)18(15)17-12/h4-9,17H,3H2,1-2H3. The maximum atomic E-state index is 12.0. The van der Waals surface area contributed by atoms with Crippen LogP contribution in [0.3, 0.4) is 0 Å². The molecule has 19 heavy (non-hydrogen) atoms. The van der Waals surface area contributed by atoms with Crippen molar-refractivity contribution in [3.8, 4) is 11.1 Å². The highest BCUT2D eigenvalue weighted by Crippen LogP contribution is 2.26. The highest BCUT2D eigenvalue weighted by atomic mass is 16.1. The van der Waals surface area contributed by atoms with E-state index < -0.39 is 0 Å². The lowest BCUT2D eigenvalue weighted by atomic mass is 10.0. The number of nitrogens with one attached hydrogen (secondary N) is 1. The zero-order chi connectivity index (χ0) is 13.4. The van der Waals surface area contributed by atoms with E-state index in [1.807, 2.05) is 37.3 Å². The lowest BCUT2D eigenvalue weighted by molar-refractivity contribution is 0.852. The molecule has 0 atom stereocenters. The van der Waals surface area contributed by atoms with Crippen LogP contribution < -0.4 is 5.56 Å². The normalized spacial score (nSPS) is 11.1. The highest BCUT2D eigenvalue weighted by molar-refractivity contribution is 5.79. The number of aromatic amines is 1. The molecule has 0 aliphatic heterocycles. The summed E-state index contributed by atoms with van der Waals surface area (Å²) in [5, 5.41) is 3.15. The summed E-state index contributed by atoms with van der Waals surface area (Å²) >= 11 is 0. The van der Waals surface area contributed by atoms with E-state index in [-0.39, 0.29) is 5.56 Å². The van der Waals surface area contributed by atoms with Gasteiger partial charge in [0.2, 0.25) is 0 Å². The van der Waals surface area contributed by atoms with Crippen molar-refractivity contribution < 1.29 is 0 Å². The summed E-state index contributed by atoms with van der Waals surface area (Å²) in [5.74, 6) is 0. The summed E-state index contributed by atoms with van der Waals surface area (Å²) in [5.41, 5.74) is 4.50. The van der Waals surface area contributed by atoms with Gasteiger partial charge in [0.25, 0.3) is 5.56 Å². The summed E-state index contributed by atoms with van der Waals surface area (Å²) in [4.78, 5) is 16.5. The van der Waals surface area contributed by atoms with Crippen molar-refractivity contribution in [3.05, 3.63) is 58.1 Å². The van der Waals surface area contributed by atoms with Crippen LogP contribution in [0.25, 0.3) is 16.8 Å². The van der Waals surface area contributed by atoms with Gasteiger partial charge < -0.3 is 0 Å². The molecule has 0 radical (unpaired) electrons. The van der Waals surface area contributed by atoms with E-state index in [1.54, 1.807) is 0 Å². The van der Waals surface area contributed by atoms with Gasteiger partial charge in [-0.2, -0.15) is 0 Å². The van der Waals surface area contributed by atoms with Crippen molar-refractivity contribution in [1.82, 2.24) is 14.6 Å². The zero-order valence-corrected chi connectivity index (χ0v) is 11.0. The average Bonchev–Trinajstić information content (AvgIpc) is 2.78. The Morgan fingerprint density at radius 3 is 2.68 bits per heavy atom. The Labute approximate surface area is 110 Å². The van der Waals surface area contributed by atoms with Gasteiger partial charge in [0.15, 0.2) is 5.65 Å². The Bertz CT molecular complexity index is 784. The largest absolute Gasteiger partial charge is 0.293 e. The summed E-state index contributed by atoms with van der Waals surface area (Å²) < 4.78 is 1.52. The van der Waals surface area contributed by atoms with Crippen molar-refractivity contribution in [3.63, 3.8) is 0 Å². The molecular weight excluding hydrogens is 238 g/mol. The molecule has 0 aliphatic rings. The first kappa shape index (κ1) is 11.7. The lowest BCUT2D eigenvalue weighted by Gasteiger charge is -2.01. The van der Waals surface area contributed by atoms with Crippen LogP contribution in [0.4, 0.5) is 0 Å². The van der Waals surface area contributed by atoms with Gasteiger partial charge in [-0.3, -0.25) is 9.89 Å². The Kier molecular flexibility index (Phi) is 2.71. The Morgan fingerprint density at radius 1 is 1.26 bits per heavy atom. The molecule has 2 aromatic heterocycles. The summed E-state index contributed by atoms with van der Waals surface area (Å²) in [7, 11) is 0. The number of fused-ring (bicyclic) bond motifs is 1. The van der Waals surface area contributed by atoms with E-state index in [0.29, 0.717) is 5.65 Å². The molecule has 3 aromatic rings. The molecule has 0 unspecified atom stereocenters. The first-order chi connectivity index (χ1) is 9.20. The van der Waals surface area contributed by atoms with Crippen LogP contribution in [-0.2, 0) is 6.42 Å². The van der Waals surface area contributed by atoms with Crippen molar-refractivity contribution in [2.45, 2.75) is 20.3 Å². The fraction of sp³-hybridized carbons (Fsp3) is 0.200. The van der Waals surface area contributed by atoms with E-state index in [2.05, 4.69) is 17.0 Å². The molecule has 0 aliphatic carbocycles. The van der Waals surface area contributed by atoms with Gasteiger partial charge in [-0.05, 0) is 18.9 Å². The molecule has 0 saturated carbocycles. The molecule has 4 nitrogen and oxygen atoms in total. The number of aromatic nitrogens is 3. The maximum Gasteiger partial charge on any atom is 0.272 e. The zero-order valence-electron chi connectivity index (χ0n) is 11.0. The van der Waals surface area contributed by atoms with Crippen molar-refractivity contribution in [2.24, 2.45) is 0 Å². The maximum absolute atomic E-state index is 12.0. The molecule has 1 aromatic carbocycles. The second-order valence-electron chi connectivity index (χ2n) is 4.58. The fourth-order valence-electron chi connectivity index (χ4n) is 2.36. The number of H-pyrrole nitrogens is 1. The molecule has 1 N–H and O–H groups in total. The molecule has 0 bridgehead atoms. The third-order valence-electron chi connectivity index (χ3n) is 3.23. The van der Waals surface area contributed by atoms with E-state index >= 15 is 0 Å². The predicted octanol–water partition coefficient (Wildman–Crippen LogP) is 2.56. The third kappa shape index (κ3) is 1.85. The number of rotatable bonds is 2. The minimum absolute atomic E-state index is 0.0700. The Hall–Kier alpha value is -2.36. The third-order valence-corrected chi connectivity index (χ3v) is 3.23. The van der Waals surface area contributed by atoms with Gasteiger partial charge in [0, 0.05) is 23.0 Å². The van der Waals surface area contributed by atoms with E-state index in [9.17, 15) is 4.79 Å². The second kappa shape index (κ2) is 4.39. The highest BCUT2D eigenvalue weighted by Gasteiger charge is 2.14. The lowest BCUT2D eigenvalue weighted by Crippen LogP contribution is -2.14. The van der Waals surface area contributed by atoms with E-state index in [0.717, 1.165) is 28.9 Å². The topological polar surface area (TPSA) is 50.2 Å². The van der Waals surface area contributed by atoms with Gasteiger partial charge in [0.1, 0.15) is 0 Å².